The molecule has 1 aliphatic rings. The van der Waals surface area contributed by atoms with Gasteiger partial charge in [0.2, 0.25) is 10.0 Å². The largest absolute Gasteiger partial charge is 0.494 e. The first-order chi connectivity index (χ1) is 12.3. The van der Waals surface area contributed by atoms with E-state index in [2.05, 4.69) is 29.2 Å². The average Bonchev–Trinajstić information content (AvgIpc) is 2.64. The van der Waals surface area contributed by atoms with Crippen LogP contribution in [0.25, 0.3) is 0 Å². The van der Waals surface area contributed by atoms with Crippen molar-refractivity contribution in [3.05, 3.63) is 52.0 Å². The Kier molecular flexibility index (Phi) is 5.67. The van der Waals surface area contributed by atoms with Gasteiger partial charge in [0.15, 0.2) is 5.75 Å². The van der Waals surface area contributed by atoms with E-state index in [9.17, 15) is 8.42 Å². The molecule has 0 saturated carbocycles. The first kappa shape index (κ1) is 19.3. The second kappa shape index (κ2) is 7.64. The van der Waals surface area contributed by atoms with Gasteiger partial charge in [0.1, 0.15) is 9.92 Å². The number of anilines is 1. The van der Waals surface area contributed by atoms with Crippen molar-refractivity contribution < 1.29 is 13.2 Å². The lowest BCUT2D eigenvalue weighted by molar-refractivity contribution is 0.374. The molecule has 0 aromatic heterocycles. The van der Waals surface area contributed by atoms with E-state index in [1.165, 1.54) is 29.1 Å². The molecule has 5 nitrogen and oxygen atoms in total. The highest BCUT2D eigenvalue weighted by molar-refractivity contribution is 7.89. The van der Waals surface area contributed by atoms with E-state index < -0.39 is 10.0 Å². The molecule has 0 spiro atoms. The number of halogens is 2. The smallest absolute Gasteiger partial charge is 0.246 e. The van der Waals surface area contributed by atoms with Crippen molar-refractivity contribution in [2.45, 2.75) is 11.8 Å². The number of sulfonamides is 1. The van der Waals surface area contributed by atoms with Crippen molar-refractivity contribution >= 4 is 38.9 Å². The predicted octanol–water partition coefficient (Wildman–Crippen LogP) is 3.82. The van der Waals surface area contributed by atoms with E-state index in [1.54, 1.807) is 0 Å². The molecule has 1 fully saturated rings. The summed E-state index contributed by atoms with van der Waals surface area (Å²) in [5.41, 5.74) is 2.29. The zero-order valence-electron chi connectivity index (χ0n) is 14.6. The van der Waals surface area contributed by atoms with Crippen molar-refractivity contribution in [3.8, 4) is 5.75 Å². The summed E-state index contributed by atoms with van der Waals surface area (Å²) >= 11 is 12.1. The summed E-state index contributed by atoms with van der Waals surface area (Å²) in [6.07, 6.45) is 0. The lowest BCUT2D eigenvalue weighted by atomic mass is 10.2. The van der Waals surface area contributed by atoms with Gasteiger partial charge in [0, 0.05) is 31.9 Å². The van der Waals surface area contributed by atoms with E-state index in [0.717, 1.165) is 5.69 Å². The van der Waals surface area contributed by atoms with E-state index in [4.69, 9.17) is 27.9 Å². The maximum atomic E-state index is 13.0. The highest BCUT2D eigenvalue weighted by atomic mass is 35.5. The topological polar surface area (TPSA) is 49.9 Å². The standard InChI is InChI=1S/C18H20Cl2N2O3S/c1-13-3-5-14(6-4-13)21-9-11-22(12-10-21)26(23,24)16-8-7-15(19)17(20)18(16)25-2/h3-8H,9-12H2,1-2H3. The first-order valence-electron chi connectivity index (χ1n) is 8.18. The van der Waals surface area contributed by atoms with Gasteiger partial charge in [-0.25, -0.2) is 8.42 Å². The van der Waals surface area contributed by atoms with E-state index in [0.29, 0.717) is 26.2 Å². The van der Waals surface area contributed by atoms with Crippen LogP contribution in [0.4, 0.5) is 5.69 Å². The minimum atomic E-state index is -3.72. The maximum absolute atomic E-state index is 13.0. The quantitative estimate of drug-likeness (QED) is 0.762. The number of rotatable bonds is 4. The summed E-state index contributed by atoms with van der Waals surface area (Å²) < 4.78 is 32.7. The lowest BCUT2D eigenvalue weighted by Gasteiger charge is -2.35. The Morgan fingerprint density at radius 2 is 1.58 bits per heavy atom. The molecule has 2 aromatic carbocycles. The highest BCUT2D eigenvalue weighted by Crippen LogP contribution is 2.38. The Balaban J connectivity index is 1.80. The molecule has 0 aliphatic carbocycles. The maximum Gasteiger partial charge on any atom is 0.246 e. The Bertz CT molecular complexity index is 893. The van der Waals surface area contributed by atoms with Crippen molar-refractivity contribution in [2.75, 3.05) is 38.2 Å². The van der Waals surface area contributed by atoms with Crippen LogP contribution in [0.2, 0.25) is 10.0 Å². The fourth-order valence-corrected chi connectivity index (χ4v) is 5.02. The molecule has 0 amide bonds. The predicted molar refractivity (Wildman–Crippen MR) is 105 cm³/mol. The molecule has 0 unspecified atom stereocenters. The van der Waals surface area contributed by atoms with Crippen LogP contribution in [-0.4, -0.2) is 46.0 Å². The minimum absolute atomic E-state index is 0.0400. The Morgan fingerprint density at radius 3 is 2.15 bits per heavy atom. The summed E-state index contributed by atoms with van der Waals surface area (Å²) in [6.45, 7) is 4.05. The normalized spacial score (nSPS) is 15.9. The molecule has 26 heavy (non-hydrogen) atoms. The third-order valence-electron chi connectivity index (χ3n) is 4.47. The molecule has 140 valence electrons. The van der Waals surface area contributed by atoms with Crippen LogP contribution in [0.1, 0.15) is 5.56 Å². The third-order valence-corrected chi connectivity index (χ3v) is 7.18. The van der Waals surface area contributed by atoms with Crippen LogP contribution < -0.4 is 9.64 Å². The van der Waals surface area contributed by atoms with Crippen molar-refractivity contribution in [1.29, 1.82) is 0 Å². The third kappa shape index (κ3) is 3.64. The minimum Gasteiger partial charge on any atom is -0.494 e. The van der Waals surface area contributed by atoms with E-state index in [-0.39, 0.29) is 20.7 Å². The van der Waals surface area contributed by atoms with E-state index in [1.807, 2.05) is 6.92 Å². The summed E-state index contributed by atoms with van der Waals surface area (Å²) in [7, 11) is -2.34. The number of nitrogens with zero attached hydrogens (tertiary/aromatic N) is 2. The van der Waals surface area contributed by atoms with Crippen molar-refractivity contribution in [3.63, 3.8) is 0 Å². The zero-order valence-corrected chi connectivity index (χ0v) is 16.9. The fourth-order valence-electron chi connectivity index (χ4n) is 2.99. The number of ether oxygens (including phenoxy) is 1. The van der Waals surface area contributed by atoms with Gasteiger partial charge >= 0.3 is 0 Å². The molecular weight excluding hydrogens is 395 g/mol. The number of methoxy groups -OCH3 is 1. The Hall–Kier alpha value is -1.47. The molecule has 3 rings (SSSR count). The molecular formula is C18H20Cl2N2O3S. The molecule has 0 atom stereocenters. The van der Waals surface area contributed by atoms with Gasteiger partial charge in [0.25, 0.3) is 0 Å². The Labute approximate surface area is 164 Å². The second-order valence-electron chi connectivity index (χ2n) is 6.12. The van der Waals surface area contributed by atoms with Crippen molar-refractivity contribution in [2.24, 2.45) is 0 Å². The molecule has 1 aliphatic heterocycles. The monoisotopic (exact) mass is 414 g/mol. The zero-order chi connectivity index (χ0) is 18.9. The molecule has 0 N–H and O–H groups in total. The lowest BCUT2D eigenvalue weighted by Crippen LogP contribution is -2.48. The van der Waals surface area contributed by atoms with Crippen LogP contribution >= 0.6 is 23.2 Å². The summed E-state index contributed by atoms with van der Waals surface area (Å²) in [5.74, 6) is 0.0835. The summed E-state index contributed by atoms with van der Waals surface area (Å²) in [4.78, 5) is 2.22. The number of benzene rings is 2. The van der Waals surface area contributed by atoms with Crippen LogP contribution in [0.15, 0.2) is 41.3 Å². The molecule has 1 saturated heterocycles. The van der Waals surface area contributed by atoms with Gasteiger partial charge in [-0.3, -0.25) is 0 Å². The van der Waals surface area contributed by atoms with Gasteiger partial charge in [0.05, 0.1) is 12.1 Å². The first-order valence-corrected chi connectivity index (χ1v) is 10.4. The molecule has 0 radical (unpaired) electrons. The molecule has 0 bridgehead atoms. The van der Waals surface area contributed by atoms with Gasteiger partial charge in [-0.05, 0) is 31.2 Å². The van der Waals surface area contributed by atoms with Crippen LogP contribution in [0.5, 0.6) is 5.75 Å². The fraction of sp³-hybridized carbons (Fsp3) is 0.333. The van der Waals surface area contributed by atoms with Crippen LogP contribution in [0.3, 0.4) is 0 Å². The van der Waals surface area contributed by atoms with Gasteiger partial charge < -0.3 is 9.64 Å². The van der Waals surface area contributed by atoms with Crippen LogP contribution in [-0.2, 0) is 10.0 Å². The van der Waals surface area contributed by atoms with Crippen molar-refractivity contribution in [1.82, 2.24) is 4.31 Å². The number of hydrogen-bond acceptors (Lipinski definition) is 4. The second-order valence-corrected chi connectivity index (χ2v) is 8.81. The summed E-state index contributed by atoms with van der Waals surface area (Å²) in [6, 6.07) is 11.1. The molecule has 8 heteroatoms. The number of piperazine rings is 1. The molecule has 1 heterocycles. The Morgan fingerprint density at radius 1 is 0.962 bits per heavy atom. The SMILES string of the molecule is COc1c(S(=O)(=O)N2CCN(c3ccc(C)cc3)CC2)ccc(Cl)c1Cl. The van der Waals surface area contributed by atoms with Gasteiger partial charge in [-0.15, -0.1) is 0 Å². The summed E-state index contributed by atoms with van der Waals surface area (Å²) in [5, 5.41) is 0.361. The number of hydrogen-bond donors (Lipinski definition) is 0. The average molecular weight is 415 g/mol. The number of aryl methyl sites for hydroxylation is 1. The highest BCUT2D eigenvalue weighted by Gasteiger charge is 2.32. The van der Waals surface area contributed by atoms with Crippen LogP contribution in [0, 0.1) is 6.92 Å². The van der Waals surface area contributed by atoms with Gasteiger partial charge in [-0.1, -0.05) is 40.9 Å². The molecule has 2 aromatic rings. The van der Waals surface area contributed by atoms with Gasteiger partial charge in [-0.2, -0.15) is 4.31 Å². The van der Waals surface area contributed by atoms with E-state index >= 15 is 0 Å².